The molecule has 0 amide bonds. The zero-order chi connectivity index (χ0) is 15.3. The van der Waals surface area contributed by atoms with Crippen LogP contribution in [-0.4, -0.2) is 18.8 Å². The summed E-state index contributed by atoms with van der Waals surface area (Å²) in [5, 5.41) is 0.616. The van der Waals surface area contributed by atoms with Crippen molar-refractivity contribution in [1.82, 2.24) is 0 Å². The van der Waals surface area contributed by atoms with Crippen LogP contribution in [0.2, 0.25) is 0 Å². The van der Waals surface area contributed by atoms with E-state index >= 15 is 0 Å². The molecule has 0 saturated heterocycles. The number of carbonyl (C=O) groups excluding carboxylic acids is 2. The van der Waals surface area contributed by atoms with E-state index in [1.54, 1.807) is 24.3 Å². The molecule has 4 nitrogen and oxygen atoms in total. The van der Waals surface area contributed by atoms with Crippen LogP contribution in [0, 0.1) is 0 Å². The minimum atomic E-state index is -0.592. The Kier molecular flexibility index (Phi) is 2.84. The lowest BCUT2D eigenvalue weighted by Crippen LogP contribution is -2.29. The quantitative estimate of drug-likeness (QED) is 0.323. The van der Waals surface area contributed by atoms with Gasteiger partial charge in [0.1, 0.15) is 11.3 Å². The van der Waals surface area contributed by atoms with Gasteiger partial charge in [-0.2, -0.15) is 0 Å². The van der Waals surface area contributed by atoms with Gasteiger partial charge in [-0.25, -0.2) is 4.79 Å². The van der Waals surface area contributed by atoms with E-state index in [1.165, 1.54) is 11.8 Å². The van der Waals surface area contributed by atoms with E-state index in [0.717, 1.165) is 10.6 Å². The number of anilines is 1. The van der Waals surface area contributed by atoms with Crippen molar-refractivity contribution in [3.05, 3.63) is 64.7 Å². The number of benzene rings is 2. The fourth-order valence-corrected chi connectivity index (χ4v) is 3.81. The molecule has 2 aromatic rings. The van der Waals surface area contributed by atoms with Gasteiger partial charge in [0.15, 0.2) is 0 Å². The first-order valence-electron chi connectivity index (χ1n) is 6.77. The number of esters is 1. The third-order valence-electron chi connectivity index (χ3n) is 3.72. The number of thioether (sulfide) groups is 1. The van der Waals surface area contributed by atoms with Crippen molar-refractivity contribution in [1.29, 1.82) is 0 Å². The average molecular weight is 309 g/mol. The molecule has 2 aromatic carbocycles. The molecule has 0 N–H and O–H groups in total. The van der Waals surface area contributed by atoms with Crippen LogP contribution >= 0.6 is 11.8 Å². The summed E-state index contributed by atoms with van der Waals surface area (Å²) in [6.07, 6.45) is 0. The third kappa shape index (κ3) is 1.79. The van der Waals surface area contributed by atoms with Gasteiger partial charge in [-0.05, 0) is 24.3 Å². The second kappa shape index (κ2) is 4.74. The maximum Gasteiger partial charge on any atom is 0.350 e. The number of hydrogen-bond acceptors (Lipinski definition) is 5. The van der Waals surface area contributed by atoms with Gasteiger partial charge in [0.05, 0.1) is 16.3 Å². The molecule has 0 aliphatic carbocycles. The van der Waals surface area contributed by atoms with Gasteiger partial charge in [0.25, 0.3) is 0 Å². The number of rotatable bonds is 0. The Labute approximate surface area is 131 Å². The molecule has 5 heteroatoms. The van der Waals surface area contributed by atoms with Gasteiger partial charge in [0, 0.05) is 11.9 Å². The van der Waals surface area contributed by atoms with Crippen LogP contribution in [0.3, 0.4) is 0 Å². The first-order valence-corrected chi connectivity index (χ1v) is 7.59. The molecule has 0 fully saturated rings. The first-order chi connectivity index (χ1) is 10.7. The molecule has 108 valence electrons. The normalized spacial score (nSPS) is 19.8. The molecular formula is C17H11NO3S. The topological polar surface area (TPSA) is 46.6 Å². The van der Waals surface area contributed by atoms with E-state index < -0.39 is 5.97 Å². The number of para-hydroxylation sites is 2. The highest BCUT2D eigenvalue weighted by molar-refractivity contribution is 8.03. The van der Waals surface area contributed by atoms with Crippen LogP contribution in [0.5, 0.6) is 5.75 Å². The zero-order valence-corrected chi connectivity index (χ0v) is 12.5. The molecule has 0 spiro atoms. The SMILES string of the molecule is CN1C(=C2C(=O)Oc3ccccc3C2=O)Sc2ccccc21. The molecule has 0 bridgehead atoms. The maximum atomic E-state index is 12.7. The van der Waals surface area contributed by atoms with Crippen LogP contribution in [0.15, 0.2) is 64.0 Å². The smallest absolute Gasteiger partial charge is 0.350 e. The number of hydrogen-bond donors (Lipinski definition) is 0. The Morgan fingerprint density at radius 3 is 2.55 bits per heavy atom. The lowest BCUT2D eigenvalue weighted by molar-refractivity contribution is -0.130. The van der Waals surface area contributed by atoms with E-state index in [1.807, 2.05) is 36.2 Å². The Morgan fingerprint density at radius 2 is 1.73 bits per heavy atom. The highest BCUT2D eigenvalue weighted by atomic mass is 32.2. The molecule has 2 heterocycles. The minimum absolute atomic E-state index is 0.0994. The number of nitrogens with zero attached hydrogens (tertiary/aromatic N) is 1. The van der Waals surface area contributed by atoms with Gasteiger partial charge < -0.3 is 9.64 Å². The van der Waals surface area contributed by atoms with Crippen LogP contribution in [0.4, 0.5) is 5.69 Å². The summed E-state index contributed by atoms with van der Waals surface area (Å²) >= 11 is 1.42. The summed E-state index contributed by atoms with van der Waals surface area (Å²) in [7, 11) is 1.85. The predicted molar refractivity (Wildman–Crippen MR) is 84.1 cm³/mol. The molecule has 2 aliphatic heterocycles. The summed E-state index contributed by atoms with van der Waals surface area (Å²) < 4.78 is 5.32. The molecule has 22 heavy (non-hydrogen) atoms. The minimum Gasteiger partial charge on any atom is -0.422 e. The second-order valence-corrected chi connectivity index (χ2v) is 6.05. The number of Topliss-reactive ketones (excluding diaryl/α,β-unsaturated/α-hetero) is 1. The lowest BCUT2D eigenvalue weighted by atomic mass is 10.0. The van der Waals surface area contributed by atoms with Crippen molar-refractivity contribution in [2.24, 2.45) is 0 Å². The number of fused-ring (bicyclic) bond motifs is 2. The number of carbonyl (C=O) groups is 2. The Balaban J connectivity index is 1.87. The molecule has 0 saturated carbocycles. The standard InChI is InChI=1S/C17H11NO3S/c1-18-11-7-3-5-9-13(11)22-16(18)14-15(19)10-6-2-4-8-12(10)21-17(14)20/h2-9H,1H3. The third-order valence-corrected chi connectivity index (χ3v) is 4.95. The molecule has 0 atom stereocenters. The van der Waals surface area contributed by atoms with E-state index in [9.17, 15) is 9.59 Å². The molecule has 0 aromatic heterocycles. The lowest BCUT2D eigenvalue weighted by Gasteiger charge is -2.21. The Hall–Kier alpha value is -2.53. The largest absolute Gasteiger partial charge is 0.422 e. The van der Waals surface area contributed by atoms with Crippen molar-refractivity contribution in [3.8, 4) is 5.75 Å². The van der Waals surface area contributed by atoms with Crippen molar-refractivity contribution in [2.75, 3.05) is 11.9 Å². The van der Waals surface area contributed by atoms with Gasteiger partial charge >= 0.3 is 5.97 Å². The van der Waals surface area contributed by atoms with Crippen molar-refractivity contribution >= 4 is 29.2 Å². The second-order valence-electron chi connectivity index (χ2n) is 5.02. The Bertz CT molecular complexity index is 856. The van der Waals surface area contributed by atoms with Crippen LogP contribution in [0.1, 0.15) is 10.4 Å². The monoisotopic (exact) mass is 309 g/mol. The van der Waals surface area contributed by atoms with Crippen LogP contribution in [0.25, 0.3) is 0 Å². The summed E-state index contributed by atoms with van der Waals surface area (Å²) in [6, 6.07) is 14.6. The van der Waals surface area contributed by atoms with Crippen molar-refractivity contribution in [3.63, 3.8) is 0 Å². The fraction of sp³-hybridized carbons (Fsp3) is 0.0588. The van der Waals surface area contributed by atoms with Crippen molar-refractivity contribution < 1.29 is 14.3 Å². The number of ether oxygens (including phenoxy) is 1. The van der Waals surface area contributed by atoms with E-state index in [2.05, 4.69) is 0 Å². The molecule has 2 aliphatic rings. The van der Waals surface area contributed by atoms with E-state index in [-0.39, 0.29) is 11.4 Å². The van der Waals surface area contributed by atoms with Gasteiger partial charge in [0.2, 0.25) is 5.78 Å². The van der Waals surface area contributed by atoms with Crippen molar-refractivity contribution in [2.45, 2.75) is 4.90 Å². The van der Waals surface area contributed by atoms with Gasteiger partial charge in [-0.15, -0.1) is 0 Å². The predicted octanol–water partition coefficient (Wildman–Crippen LogP) is 3.24. The summed E-state index contributed by atoms with van der Waals surface area (Å²) in [6.45, 7) is 0. The highest BCUT2D eigenvalue weighted by Crippen LogP contribution is 2.47. The van der Waals surface area contributed by atoms with E-state index in [4.69, 9.17) is 4.74 Å². The fourth-order valence-electron chi connectivity index (χ4n) is 2.63. The number of ketones is 1. The molecule has 0 radical (unpaired) electrons. The van der Waals surface area contributed by atoms with Crippen LogP contribution in [-0.2, 0) is 4.79 Å². The molecule has 4 rings (SSSR count). The highest BCUT2D eigenvalue weighted by Gasteiger charge is 2.37. The van der Waals surface area contributed by atoms with Gasteiger partial charge in [-0.1, -0.05) is 36.0 Å². The van der Waals surface area contributed by atoms with Gasteiger partial charge in [-0.3, -0.25) is 4.79 Å². The van der Waals surface area contributed by atoms with E-state index in [0.29, 0.717) is 16.3 Å². The molecular weight excluding hydrogens is 298 g/mol. The molecule has 0 unspecified atom stereocenters. The van der Waals surface area contributed by atoms with Crippen LogP contribution < -0.4 is 9.64 Å². The zero-order valence-electron chi connectivity index (χ0n) is 11.7. The first kappa shape index (κ1) is 13.2. The average Bonchev–Trinajstić information content (AvgIpc) is 2.85. The Morgan fingerprint density at radius 1 is 1.00 bits per heavy atom. The summed E-state index contributed by atoms with van der Waals surface area (Å²) in [5.41, 5.74) is 1.51. The summed E-state index contributed by atoms with van der Waals surface area (Å²) in [4.78, 5) is 27.9. The summed E-state index contributed by atoms with van der Waals surface area (Å²) in [5.74, 6) is -0.551. The maximum absolute atomic E-state index is 12.7.